The lowest BCUT2D eigenvalue weighted by atomic mass is 10.2. The topological polar surface area (TPSA) is 50.8 Å². The fourth-order valence-electron chi connectivity index (χ4n) is 2.69. The molecule has 152 valence electrons. The van der Waals surface area contributed by atoms with Crippen LogP contribution in [-0.4, -0.2) is 37.4 Å². The van der Waals surface area contributed by atoms with Gasteiger partial charge in [0.2, 0.25) is 0 Å². The quantitative estimate of drug-likeness (QED) is 0.587. The maximum absolute atomic E-state index is 12.6. The number of benzene rings is 2. The minimum atomic E-state index is -0.164. The molecule has 1 N–H and O–H groups in total. The van der Waals surface area contributed by atoms with E-state index in [1.54, 1.807) is 26.2 Å². The normalized spacial score (nSPS) is 11.6. The third-order valence-electron chi connectivity index (χ3n) is 4.60. The van der Waals surface area contributed by atoms with Crippen molar-refractivity contribution < 1.29 is 14.3 Å². The van der Waals surface area contributed by atoms with Gasteiger partial charge in [0.25, 0.3) is 0 Å². The summed E-state index contributed by atoms with van der Waals surface area (Å²) in [5.41, 5.74) is 2.79. The SMILES string of the molecule is CCC(C)Sc1ccc(NC(=O)N(C)Cc2ccc(OC)cc2OC)c(C)c1. The Hall–Kier alpha value is -2.34. The first-order valence-corrected chi connectivity index (χ1v) is 10.3. The summed E-state index contributed by atoms with van der Waals surface area (Å²) in [6.45, 7) is 6.85. The van der Waals surface area contributed by atoms with Gasteiger partial charge in [-0.25, -0.2) is 4.79 Å². The highest BCUT2D eigenvalue weighted by atomic mass is 32.2. The molecule has 5 nitrogen and oxygen atoms in total. The van der Waals surface area contributed by atoms with Gasteiger partial charge in [0.1, 0.15) is 11.5 Å². The summed E-state index contributed by atoms with van der Waals surface area (Å²) >= 11 is 1.85. The van der Waals surface area contributed by atoms with Gasteiger partial charge in [-0.3, -0.25) is 0 Å². The number of rotatable bonds is 8. The zero-order chi connectivity index (χ0) is 20.7. The number of thioether (sulfide) groups is 1. The molecule has 0 aliphatic rings. The van der Waals surface area contributed by atoms with E-state index >= 15 is 0 Å². The van der Waals surface area contributed by atoms with Crippen molar-refractivity contribution in [3.05, 3.63) is 47.5 Å². The van der Waals surface area contributed by atoms with Crippen LogP contribution in [0.2, 0.25) is 0 Å². The molecule has 0 aliphatic heterocycles. The van der Waals surface area contributed by atoms with Crippen molar-refractivity contribution >= 4 is 23.5 Å². The Kier molecular flexibility index (Phi) is 8.05. The molecule has 0 saturated heterocycles. The van der Waals surface area contributed by atoms with Gasteiger partial charge in [0.05, 0.1) is 20.8 Å². The molecular weight excluding hydrogens is 372 g/mol. The van der Waals surface area contributed by atoms with Crippen LogP contribution in [0.5, 0.6) is 11.5 Å². The number of ether oxygens (including phenoxy) is 2. The molecule has 2 aromatic carbocycles. The second-order valence-electron chi connectivity index (χ2n) is 6.78. The third-order valence-corrected chi connectivity index (χ3v) is 5.86. The lowest BCUT2D eigenvalue weighted by Crippen LogP contribution is -2.31. The summed E-state index contributed by atoms with van der Waals surface area (Å²) in [5.74, 6) is 1.42. The van der Waals surface area contributed by atoms with Gasteiger partial charge < -0.3 is 19.7 Å². The molecule has 6 heteroatoms. The standard InChI is InChI=1S/C22H30N2O3S/c1-7-16(3)28-19-10-11-20(15(2)12-19)23-22(25)24(4)14-17-8-9-18(26-5)13-21(17)27-6/h8-13,16H,7,14H2,1-6H3,(H,23,25). The number of anilines is 1. The van der Waals surface area contributed by atoms with E-state index in [9.17, 15) is 4.79 Å². The average molecular weight is 403 g/mol. The van der Waals surface area contributed by atoms with E-state index in [2.05, 4.69) is 31.3 Å². The van der Waals surface area contributed by atoms with E-state index in [4.69, 9.17) is 9.47 Å². The van der Waals surface area contributed by atoms with Crippen molar-refractivity contribution in [3.63, 3.8) is 0 Å². The lowest BCUT2D eigenvalue weighted by Gasteiger charge is -2.21. The van der Waals surface area contributed by atoms with Gasteiger partial charge in [-0.15, -0.1) is 11.8 Å². The number of hydrogen-bond acceptors (Lipinski definition) is 4. The van der Waals surface area contributed by atoms with Crippen LogP contribution >= 0.6 is 11.8 Å². The maximum Gasteiger partial charge on any atom is 0.321 e. The number of nitrogens with one attached hydrogen (secondary N) is 1. The van der Waals surface area contributed by atoms with Crippen LogP contribution in [0, 0.1) is 6.92 Å². The smallest absolute Gasteiger partial charge is 0.321 e. The van der Waals surface area contributed by atoms with Crippen LogP contribution in [0.15, 0.2) is 41.3 Å². The molecule has 2 amide bonds. The average Bonchev–Trinajstić information content (AvgIpc) is 2.69. The zero-order valence-electron chi connectivity index (χ0n) is 17.5. The number of urea groups is 1. The van der Waals surface area contributed by atoms with Crippen LogP contribution in [0.4, 0.5) is 10.5 Å². The molecule has 0 radical (unpaired) electrons. The first-order chi connectivity index (χ1) is 13.4. The number of nitrogens with zero attached hydrogens (tertiary/aromatic N) is 1. The monoisotopic (exact) mass is 402 g/mol. The van der Waals surface area contributed by atoms with Gasteiger partial charge in [-0.1, -0.05) is 13.8 Å². The predicted molar refractivity (Wildman–Crippen MR) is 117 cm³/mol. The molecule has 0 aromatic heterocycles. The van der Waals surface area contributed by atoms with E-state index in [0.717, 1.165) is 29.0 Å². The first-order valence-electron chi connectivity index (χ1n) is 9.38. The molecule has 0 aliphatic carbocycles. The summed E-state index contributed by atoms with van der Waals surface area (Å²) < 4.78 is 10.6. The van der Waals surface area contributed by atoms with Gasteiger partial charge >= 0.3 is 6.03 Å². The van der Waals surface area contributed by atoms with Gasteiger partial charge in [-0.05, 0) is 49.2 Å². The number of carbonyl (C=O) groups is 1. The Morgan fingerprint density at radius 3 is 2.54 bits per heavy atom. The molecule has 0 saturated carbocycles. The van der Waals surface area contributed by atoms with Crippen molar-refractivity contribution in [1.82, 2.24) is 4.90 Å². The Labute approximate surface area is 172 Å². The second kappa shape index (κ2) is 10.3. The maximum atomic E-state index is 12.6. The molecule has 0 bridgehead atoms. The van der Waals surface area contributed by atoms with Crippen molar-refractivity contribution in [2.75, 3.05) is 26.6 Å². The van der Waals surface area contributed by atoms with Crippen LogP contribution in [0.3, 0.4) is 0 Å². The second-order valence-corrected chi connectivity index (χ2v) is 8.29. The predicted octanol–water partition coefficient (Wildman–Crippen LogP) is 5.57. The molecule has 0 heterocycles. The molecule has 0 spiro atoms. The fourth-order valence-corrected chi connectivity index (χ4v) is 3.71. The van der Waals surface area contributed by atoms with Gasteiger partial charge in [0.15, 0.2) is 0 Å². The van der Waals surface area contributed by atoms with Crippen LogP contribution in [0.25, 0.3) is 0 Å². The largest absolute Gasteiger partial charge is 0.497 e. The first kappa shape index (κ1) is 22.0. The van der Waals surface area contributed by atoms with Crippen molar-refractivity contribution in [2.24, 2.45) is 0 Å². The minimum Gasteiger partial charge on any atom is -0.497 e. The molecule has 2 rings (SSSR count). The van der Waals surface area contributed by atoms with Crippen molar-refractivity contribution in [1.29, 1.82) is 0 Å². The molecule has 0 fully saturated rings. The van der Waals surface area contributed by atoms with Gasteiger partial charge in [0, 0.05) is 34.5 Å². The van der Waals surface area contributed by atoms with Gasteiger partial charge in [-0.2, -0.15) is 0 Å². The molecule has 28 heavy (non-hydrogen) atoms. The van der Waals surface area contributed by atoms with Crippen LogP contribution in [0.1, 0.15) is 31.4 Å². The molecule has 2 aromatic rings. The summed E-state index contributed by atoms with van der Waals surface area (Å²) in [4.78, 5) is 15.5. The van der Waals surface area contributed by atoms with E-state index in [1.807, 2.05) is 43.0 Å². The van der Waals surface area contributed by atoms with Crippen LogP contribution in [-0.2, 0) is 6.54 Å². The Morgan fingerprint density at radius 1 is 1.18 bits per heavy atom. The van der Waals surface area contributed by atoms with Crippen LogP contribution < -0.4 is 14.8 Å². The molecule has 1 unspecified atom stereocenters. The zero-order valence-corrected chi connectivity index (χ0v) is 18.4. The lowest BCUT2D eigenvalue weighted by molar-refractivity contribution is 0.220. The Morgan fingerprint density at radius 2 is 1.93 bits per heavy atom. The third kappa shape index (κ3) is 5.83. The number of carbonyl (C=O) groups excluding carboxylic acids is 1. The Balaban J connectivity index is 2.04. The molecule has 1 atom stereocenters. The highest BCUT2D eigenvalue weighted by molar-refractivity contribution is 7.99. The van der Waals surface area contributed by atoms with E-state index < -0.39 is 0 Å². The highest BCUT2D eigenvalue weighted by Crippen LogP contribution is 2.29. The van der Waals surface area contributed by atoms with Crippen molar-refractivity contribution in [3.8, 4) is 11.5 Å². The van der Waals surface area contributed by atoms with E-state index in [-0.39, 0.29) is 6.03 Å². The van der Waals surface area contributed by atoms with Crippen molar-refractivity contribution in [2.45, 2.75) is 43.9 Å². The number of amides is 2. The summed E-state index contributed by atoms with van der Waals surface area (Å²) in [6.07, 6.45) is 1.13. The fraction of sp³-hybridized carbons (Fsp3) is 0.409. The highest BCUT2D eigenvalue weighted by Gasteiger charge is 2.14. The number of hydrogen-bond donors (Lipinski definition) is 1. The summed E-state index contributed by atoms with van der Waals surface area (Å²) in [6, 6.07) is 11.6. The number of aryl methyl sites for hydroxylation is 1. The summed E-state index contributed by atoms with van der Waals surface area (Å²) in [7, 11) is 4.99. The van der Waals surface area contributed by atoms with E-state index in [0.29, 0.717) is 17.5 Å². The summed E-state index contributed by atoms with van der Waals surface area (Å²) in [5, 5.41) is 3.57. The Bertz CT molecular complexity index is 810. The number of methoxy groups -OCH3 is 2. The minimum absolute atomic E-state index is 0.164. The molecular formula is C22H30N2O3S. The van der Waals surface area contributed by atoms with E-state index in [1.165, 1.54) is 4.90 Å².